The van der Waals surface area contributed by atoms with Crippen molar-refractivity contribution in [1.29, 1.82) is 0 Å². The highest BCUT2D eigenvalue weighted by molar-refractivity contribution is 7.13. The molecule has 3 aromatic heterocycles. The molecule has 0 spiro atoms. The molecule has 22 heavy (non-hydrogen) atoms. The molecule has 0 saturated carbocycles. The van der Waals surface area contributed by atoms with Gasteiger partial charge in [-0.1, -0.05) is 0 Å². The van der Waals surface area contributed by atoms with Crippen molar-refractivity contribution in [3.63, 3.8) is 0 Å². The van der Waals surface area contributed by atoms with Crippen LogP contribution in [0.25, 0.3) is 5.82 Å². The highest BCUT2D eigenvalue weighted by atomic mass is 32.1. The standard InChI is InChI=1S/C14H15N7S/c1-2-18-21(4-1)13-10-12(16-11-17-13)19-5-7-20(8-6-19)14-15-3-9-22-14/h1-4,9-11H,5-8H2. The van der Waals surface area contributed by atoms with Crippen LogP contribution in [-0.2, 0) is 0 Å². The summed E-state index contributed by atoms with van der Waals surface area (Å²) in [7, 11) is 0. The lowest BCUT2D eigenvalue weighted by Gasteiger charge is -2.35. The van der Waals surface area contributed by atoms with Crippen molar-refractivity contribution in [3.05, 3.63) is 42.4 Å². The van der Waals surface area contributed by atoms with Crippen LogP contribution >= 0.6 is 11.3 Å². The molecule has 7 nitrogen and oxygen atoms in total. The van der Waals surface area contributed by atoms with Gasteiger partial charge in [-0.3, -0.25) is 0 Å². The van der Waals surface area contributed by atoms with Crippen LogP contribution in [0, 0.1) is 0 Å². The lowest BCUT2D eigenvalue weighted by molar-refractivity contribution is 0.644. The van der Waals surface area contributed by atoms with Crippen molar-refractivity contribution in [2.75, 3.05) is 36.0 Å². The van der Waals surface area contributed by atoms with E-state index in [1.165, 1.54) is 0 Å². The Morgan fingerprint density at radius 1 is 0.909 bits per heavy atom. The lowest BCUT2D eigenvalue weighted by Crippen LogP contribution is -2.46. The minimum atomic E-state index is 0.789. The molecular weight excluding hydrogens is 298 g/mol. The zero-order chi connectivity index (χ0) is 14.8. The van der Waals surface area contributed by atoms with Gasteiger partial charge >= 0.3 is 0 Å². The van der Waals surface area contributed by atoms with Gasteiger partial charge in [0.2, 0.25) is 0 Å². The van der Waals surface area contributed by atoms with E-state index < -0.39 is 0 Å². The van der Waals surface area contributed by atoms with E-state index in [1.54, 1.807) is 28.5 Å². The number of anilines is 2. The van der Waals surface area contributed by atoms with Crippen LogP contribution < -0.4 is 9.80 Å². The molecule has 1 aliphatic heterocycles. The van der Waals surface area contributed by atoms with Crippen molar-refractivity contribution in [1.82, 2.24) is 24.7 Å². The van der Waals surface area contributed by atoms with Gasteiger partial charge in [-0.25, -0.2) is 19.6 Å². The molecule has 0 N–H and O–H groups in total. The molecule has 4 heterocycles. The zero-order valence-corrected chi connectivity index (χ0v) is 12.7. The molecular formula is C14H15N7S. The molecule has 0 aromatic carbocycles. The van der Waals surface area contributed by atoms with Gasteiger partial charge in [0.15, 0.2) is 10.9 Å². The van der Waals surface area contributed by atoms with Crippen LogP contribution in [0.15, 0.2) is 42.4 Å². The summed E-state index contributed by atoms with van der Waals surface area (Å²) in [5.41, 5.74) is 0. The Bertz CT molecular complexity index is 718. The topological polar surface area (TPSA) is 63.0 Å². The zero-order valence-electron chi connectivity index (χ0n) is 11.9. The molecule has 8 heteroatoms. The molecule has 112 valence electrons. The maximum absolute atomic E-state index is 4.40. The van der Waals surface area contributed by atoms with E-state index in [4.69, 9.17) is 0 Å². The van der Waals surface area contributed by atoms with Crippen LogP contribution in [0.2, 0.25) is 0 Å². The van der Waals surface area contributed by atoms with Crippen LogP contribution in [-0.4, -0.2) is 50.9 Å². The van der Waals surface area contributed by atoms with E-state index in [0.717, 1.165) is 42.9 Å². The van der Waals surface area contributed by atoms with Crippen molar-refractivity contribution in [3.8, 4) is 5.82 Å². The maximum Gasteiger partial charge on any atom is 0.185 e. The van der Waals surface area contributed by atoms with Gasteiger partial charge in [-0.15, -0.1) is 11.3 Å². The fraction of sp³-hybridized carbons (Fsp3) is 0.286. The fourth-order valence-corrected chi connectivity index (χ4v) is 3.24. The monoisotopic (exact) mass is 313 g/mol. The van der Waals surface area contributed by atoms with Gasteiger partial charge in [0.1, 0.15) is 12.1 Å². The summed E-state index contributed by atoms with van der Waals surface area (Å²) in [4.78, 5) is 17.6. The second-order valence-corrected chi connectivity index (χ2v) is 5.85. The molecule has 1 saturated heterocycles. The number of hydrogen-bond donors (Lipinski definition) is 0. The predicted octanol–water partition coefficient (Wildman–Crippen LogP) is 1.45. The quantitative estimate of drug-likeness (QED) is 0.729. The van der Waals surface area contributed by atoms with Gasteiger partial charge in [0, 0.05) is 56.2 Å². The molecule has 1 fully saturated rings. The lowest BCUT2D eigenvalue weighted by atomic mass is 10.3. The van der Waals surface area contributed by atoms with Crippen LogP contribution in [0.5, 0.6) is 0 Å². The van der Waals surface area contributed by atoms with Gasteiger partial charge < -0.3 is 9.80 Å². The summed E-state index contributed by atoms with van der Waals surface area (Å²) < 4.78 is 1.75. The number of rotatable bonds is 3. The molecule has 4 rings (SSSR count). The predicted molar refractivity (Wildman–Crippen MR) is 85.7 cm³/mol. The Hall–Kier alpha value is -2.48. The first kappa shape index (κ1) is 13.2. The summed E-state index contributed by atoms with van der Waals surface area (Å²) in [5.74, 6) is 1.73. The minimum Gasteiger partial charge on any atom is -0.353 e. The van der Waals surface area contributed by atoms with Crippen LogP contribution in [0.1, 0.15) is 0 Å². The fourth-order valence-electron chi connectivity index (χ4n) is 2.54. The molecule has 1 aliphatic rings. The van der Waals surface area contributed by atoms with E-state index in [2.05, 4.69) is 29.9 Å². The summed E-state index contributed by atoms with van der Waals surface area (Å²) in [6.45, 7) is 3.76. The normalized spacial score (nSPS) is 15.3. The van der Waals surface area contributed by atoms with E-state index in [9.17, 15) is 0 Å². The van der Waals surface area contributed by atoms with E-state index in [0.29, 0.717) is 0 Å². The van der Waals surface area contributed by atoms with Crippen molar-refractivity contribution in [2.45, 2.75) is 0 Å². The number of thiazole rings is 1. The Balaban J connectivity index is 1.48. The van der Waals surface area contributed by atoms with Gasteiger partial charge in [0.25, 0.3) is 0 Å². The van der Waals surface area contributed by atoms with E-state index in [1.807, 2.05) is 29.9 Å². The SMILES string of the molecule is c1cnn(-c2cc(N3CCN(c4nccs4)CC3)ncn2)c1. The number of aromatic nitrogens is 5. The van der Waals surface area contributed by atoms with Gasteiger partial charge in [-0.05, 0) is 6.07 Å². The Labute approximate surface area is 131 Å². The highest BCUT2D eigenvalue weighted by Crippen LogP contribution is 2.21. The molecule has 0 amide bonds. The minimum absolute atomic E-state index is 0.789. The molecule has 0 bridgehead atoms. The summed E-state index contributed by atoms with van der Waals surface area (Å²) in [6.07, 6.45) is 7.08. The van der Waals surface area contributed by atoms with Crippen LogP contribution in [0.3, 0.4) is 0 Å². The number of nitrogens with zero attached hydrogens (tertiary/aromatic N) is 7. The average molecular weight is 313 g/mol. The third kappa shape index (κ3) is 2.52. The largest absolute Gasteiger partial charge is 0.353 e. The van der Waals surface area contributed by atoms with Crippen LogP contribution in [0.4, 0.5) is 10.9 Å². The first-order valence-electron chi connectivity index (χ1n) is 7.11. The van der Waals surface area contributed by atoms with Crippen molar-refractivity contribution >= 4 is 22.3 Å². The third-order valence-corrected chi connectivity index (χ3v) is 4.50. The van der Waals surface area contributed by atoms with Crippen molar-refractivity contribution in [2.24, 2.45) is 0 Å². The van der Waals surface area contributed by atoms with E-state index >= 15 is 0 Å². The van der Waals surface area contributed by atoms with Gasteiger partial charge in [-0.2, -0.15) is 5.10 Å². The summed E-state index contributed by atoms with van der Waals surface area (Å²) in [5, 5.41) is 7.32. The molecule has 0 aliphatic carbocycles. The average Bonchev–Trinajstić information content (AvgIpc) is 3.29. The number of hydrogen-bond acceptors (Lipinski definition) is 7. The smallest absolute Gasteiger partial charge is 0.185 e. The van der Waals surface area contributed by atoms with Gasteiger partial charge in [0.05, 0.1) is 0 Å². The first-order valence-corrected chi connectivity index (χ1v) is 7.99. The Morgan fingerprint density at radius 2 is 1.73 bits per heavy atom. The first-order chi connectivity index (χ1) is 10.9. The molecule has 0 unspecified atom stereocenters. The second kappa shape index (κ2) is 5.72. The van der Waals surface area contributed by atoms with Crippen molar-refractivity contribution < 1.29 is 0 Å². The second-order valence-electron chi connectivity index (χ2n) is 4.97. The third-order valence-electron chi connectivity index (χ3n) is 3.67. The number of piperazine rings is 1. The highest BCUT2D eigenvalue weighted by Gasteiger charge is 2.20. The Kier molecular flexibility index (Phi) is 3.43. The maximum atomic E-state index is 4.40. The Morgan fingerprint density at radius 3 is 2.45 bits per heavy atom. The summed E-state index contributed by atoms with van der Waals surface area (Å²) in [6, 6.07) is 3.86. The van der Waals surface area contributed by atoms with E-state index in [-0.39, 0.29) is 0 Å². The molecule has 0 radical (unpaired) electrons. The summed E-state index contributed by atoms with van der Waals surface area (Å²) >= 11 is 1.69. The molecule has 3 aromatic rings. The molecule has 0 atom stereocenters.